The number of nitrogens with one attached hydrogen (secondary N) is 1. The van der Waals surface area contributed by atoms with Crippen LogP contribution >= 0.6 is 11.3 Å². The number of aryl methyl sites for hydroxylation is 2. The summed E-state index contributed by atoms with van der Waals surface area (Å²) >= 11 is 1.46. The summed E-state index contributed by atoms with van der Waals surface area (Å²) in [5.74, 6) is 0.897. The van der Waals surface area contributed by atoms with E-state index >= 15 is 0 Å². The number of carbonyl (C=O) groups excluding carboxylic acids is 1. The number of benzene rings is 1. The Morgan fingerprint density at radius 3 is 2.93 bits per heavy atom. The van der Waals surface area contributed by atoms with E-state index in [2.05, 4.69) is 39.6 Å². The van der Waals surface area contributed by atoms with Crippen molar-refractivity contribution >= 4 is 33.3 Å². The first-order valence-corrected chi connectivity index (χ1v) is 11.0. The molecule has 1 aromatic carbocycles. The molecule has 2 aliphatic rings. The van der Waals surface area contributed by atoms with Crippen molar-refractivity contribution in [3.63, 3.8) is 0 Å². The molecule has 29 heavy (non-hydrogen) atoms. The maximum atomic E-state index is 13.1. The Labute approximate surface area is 173 Å². The summed E-state index contributed by atoms with van der Waals surface area (Å²) in [6.07, 6.45) is 4.96. The Hall–Kier alpha value is -2.51. The molecular formula is C22H24N4O2S. The Bertz CT molecular complexity index is 1060. The van der Waals surface area contributed by atoms with E-state index in [1.165, 1.54) is 22.5 Å². The number of nitrogens with zero attached hydrogens (tertiary/aromatic N) is 3. The fourth-order valence-corrected chi connectivity index (χ4v) is 5.48. The van der Waals surface area contributed by atoms with Crippen LogP contribution in [0.4, 0.5) is 5.82 Å². The molecule has 0 radical (unpaired) electrons. The molecule has 6 nitrogen and oxygen atoms in total. The van der Waals surface area contributed by atoms with Gasteiger partial charge >= 0.3 is 0 Å². The molecule has 1 aliphatic heterocycles. The van der Waals surface area contributed by atoms with Crippen LogP contribution in [0.1, 0.15) is 45.2 Å². The lowest BCUT2D eigenvalue weighted by atomic mass is 9.87. The van der Waals surface area contributed by atoms with Gasteiger partial charge in [0.25, 0.3) is 5.91 Å². The van der Waals surface area contributed by atoms with Crippen molar-refractivity contribution in [2.75, 3.05) is 31.6 Å². The van der Waals surface area contributed by atoms with Crippen LogP contribution in [0, 0.1) is 6.92 Å². The zero-order valence-electron chi connectivity index (χ0n) is 16.5. The minimum atomic E-state index is 0.0720. The van der Waals surface area contributed by atoms with Crippen molar-refractivity contribution in [1.29, 1.82) is 0 Å². The zero-order chi connectivity index (χ0) is 19.8. The Morgan fingerprint density at radius 1 is 1.24 bits per heavy atom. The number of rotatable bonds is 3. The van der Waals surface area contributed by atoms with Crippen LogP contribution in [-0.4, -0.2) is 47.1 Å². The van der Waals surface area contributed by atoms with Crippen LogP contribution in [-0.2, 0) is 11.2 Å². The maximum absolute atomic E-state index is 13.1. The molecule has 1 saturated heterocycles. The lowest BCUT2D eigenvalue weighted by Crippen LogP contribution is -2.40. The number of thiophene rings is 1. The van der Waals surface area contributed by atoms with Crippen LogP contribution in [0.25, 0.3) is 10.2 Å². The lowest BCUT2D eigenvalue weighted by molar-refractivity contribution is 0.0306. The van der Waals surface area contributed by atoms with Gasteiger partial charge in [0.2, 0.25) is 0 Å². The molecule has 150 valence electrons. The number of amides is 1. The predicted octanol–water partition coefficient (Wildman–Crippen LogP) is 3.96. The molecule has 3 aromatic rings. The number of morpholine rings is 1. The minimum Gasteiger partial charge on any atom is -0.378 e. The molecule has 0 saturated carbocycles. The highest BCUT2D eigenvalue weighted by Gasteiger charge is 2.26. The molecule has 1 atom stereocenters. The van der Waals surface area contributed by atoms with Crippen molar-refractivity contribution in [3.05, 3.63) is 52.2 Å². The normalized spacial score (nSPS) is 19.2. The molecule has 1 amide bonds. The third-order valence-electron chi connectivity index (χ3n) is 5.90. The third kappa shape index (κ3) is 3.38. The van der Waals surface area contributed by atoms with Crippen molar-refractivity contribution in [2.24, 2.45) is 0 Å². The maximum Gasteiger partial charge on any atom is 0.264 e. The predicted molar refractivity (Wildman–Crippen MR) is 115 cm³/mol. The summed E-state index contributed by atoms with van der Waals surface area (Å²) in [5, 5.41) is 4.63. The molecule has 0 spiro atoms. The smallest absolute Gasteiger partial charge is 0.264 e. The van der Waals surface area contributed by atoms with Crippen molar-refractivity contribution in [3.8, 4) is 0 Å². The summed E-state index contributed by atoms with van der Waals surface area (Å²) < 4.78 is 5.38. The molecule has 7 heteroatoms. The summed E-state index contributed by atoms with van der Waals surface area (Å²) in [6.45, 7) is 4.49. The van der Waals surface area contributed by atoms with Gasteiger partial charge < -0.3 is 15.0 Å². The summed E-state index contributed by atoms with van der Waals surface area (Å²) in [4.78, 5) is 25.6. The molecule has 5 rings (SSSR count). The van der Waals surface area contributed by atoms with Crippen LogP contribution in [0.2, 0.25) is 0 Å². The van der Waals surface area contributed by atoms with E-state index in [0.29, 0.717) is 26.3 Å². The topological polar surface area (TPSA) is 67.4 Å². The van der Waals surface area contributed by atoms with Crippen molar-refractivity contribution in [2.45, 2.75) is 32.2 Å². The largest absolute Gasteiger partial charge is 0.378 e. The molecule has 1 N–H and O–H groups in total. The molecule has 2 aromatic heterocycles. The molecule has 3 heterocycles. The Kier molecular flexibility index (Phi) is 4.93. The highest BCUT2D eigenvalue weighted by molar-refractivity contribution is 7.20. The van der Waals surface area contributed by atoms with Gasteiger partial charge in [-0.2, -0.15) is 0 Å². The quantitative estimate of drug-likeness (QED) is 0.710. The van der Waals surface area contributed by atoms with Gasteiger partial charge in [-0.05, 0) is 42.9 Å². The van der Waals surface area contributed by atoms with E-state index in [0.717, 1.165) is 45.7 Å². The first-order chi connectivity index (χ1) is 14.2. The monoisotopic (exact) mass is 408 g/mol. The Morgan fingerprint density at radius 2 is 2.07 bits per heavy atom. The highest BCUT2D eigenvalue weighted by atomic mass is 32.1. The first-order valence-electron chi connectivity index (χ1n) is 10.2. The second kappa shape index (κ2) is 7.72. The van der Waals surface area contributed by atoms with Gasteiger partial charge in [-0.15, -0.1) is 11.3 Å². The fraction of sp³-hybridized carbons (Fsp3) is 0.409. The number of carbonyl (C=O) groups is 1. The zero-order valence-corrected chi connectivity index (χ0v) is 17.3. The molecule has 1 fully saturated rings. The third-order valence-corrected chi connectivity index (χ3v) is 7.09. The fourth-order valence-electron chi connectivity index (χ4n) is 4.36. The van der Waals surface area contributed by atoms with Gasteiger partial charge in [-0.3, -0.25) is 4.79 Å². The number of ether oxygens (including phenoxy) is 1. The average Bonchev–Trinajstić information content (AvgIpc) is 3.11. The average molecular weight is 409 g/mol. The molecular weight excluding hydrogens is 384 g/mol. The first kappa shape index (κ1) is 18.5. The van der Waals surface area contributed by atoms with Gasteiger partial charge in [0.15, 0.2) is 0 Å². The Balaban J connectivity index is 1.49. The highest BCUT2D eigenvalue weighted by Crippen LogP contribution is 2.37. The molecule has 1 aliphatic carbocycles. The van der Waals surface area contributed by atoms with E-state index in [4.69, 9.17) is 4.74 Å². The number of hydrogen-bond acceptors (Lipinski definition) is 6. The molecule has 0 bridgehead atoms. The molecule has 1 unspecified atom stereocenters. The minimum absolute atomic E-state index is 0.0720. The summed E-state index contributed by atoms with van der Waals surface area (Å²) in [6, 6.07) is 8.86. The van der Waals surface area contributed by atoms with Gasteiger partial charge in [0.1, 0.15) is 17.0 Å². The standard InChI is InChI=1S/C22H24N4O2S/c1-14-18-20(25-17-8-4-6-15-5-2-3-7-16(15)17)23-13-24-21(18)29-19(14)22(27)26-9-11-28-12-10-26/h2-3,5,7,13,17H,4,6,8-12H2,1H3,(H,23,24,25). The van der Waals surface area contributed by atoms with Crippen molar-refractivity contribution in [1.82, 2.24) is 14.9 Å². The number of hydrogen-bond donors (Lipinski definition) is 1. The van der Waals surface area contributed by atoms with E-state index in [9.17, 15) is 4.79 Å². The number of fused-ring (bicyclic) bond motifs is 2. The van der Waals surface area contributed by atoms with E-state index in [1.807, 2.05) is 11.8 Å². The van der Waals surface area contributed by atoms with Gasteiger partial charge in [-0.1, -0.05) is 24.3 Å². The van der Waals surface area contributed by atoms with Crippen LogP contribution in [0.15, 0.2) is 30.6 Å². The van der Waals surface area contributed by atoms with Gasteiger partial charge in [-0.25, -0.2) is 9.97 Å². The summed E-state index contributed by atoms with van der Waals surface area (Å²) in [5.41, 5.74) is 3.73. The van der Waals surface area contributed by atoms with E-state index in [1.54, 1.807) is 6.33 Å². The van der Waals surface area contributed by atoms with E-state index in [-0.39, 0.29) is 11.9 Å². The van der Waals surface area contributed by atoms with Gasteiger partial charge in [0, 0.05) is 13.1 Å². The lowest BCUT2D eigenvalue weighted by Gasteiger charge is -2.27. The number of aromatic nitrogens is 2. The number of anilines is 1. The second-order valence-corrected chi connectivity index (χ2v) is 8.65. The second-order valence-electron chi connectivity index (χ2n) is 7.65. The SMILES string of the molecule is Cc1c(C(=O)N2CCOCC2)sc2ncnc(NC3CCCc4ccccc43)c12. The summed E-state index contributed by atoms with van der Waals surface area (Å²) in [7, 11) is 0. The van der Waals surface area contributed by atoms with Crippen molar-refractivity contribution < 1.29 is 9.53 Å². The van der Waals surface area contributed by atoms with Crippen LogP contribution in [0.5, 0.6) is 0 Å². The van der Waals surface area contributed by atoms with Crippen LogP contribution in [0.3, 0.4) is 0 Å². The van der Waals surface area contributed by atoms with Gasteiger partial charge in [0.05, 0.1) is 29.5 Å². The van der Waals surface area contributed by atoms with E-state index < -0.39 is 0 Å². The van der Waals surface area contributed by atoms with Crippen LogP contribution < -0.4 is 5.32 Å².